The van der Waals surface area contributed by atoms with Crippen LogP contribution in [0.5, 0.6) is 11.5 Å². The highest BCUT2D eigenvalue weighted by atomic mass is 79.9. The van der Waals surface area contributed by atoms with Gasteiger partial charge in [0.15, 0.2) is 11.5 Å². The maximum atomic E-state index is 5.86. The van der Waals surface area contributed by atoms with Gasteiger partial charge in [0.25, 0.3) is 0 Å². The standard InChI is InChI=1S/C14H15BrN2O3/c1-18-14-10(15)4-9(11-6-13(16)20-17-11)5-12(14)19-7-8-2-3-8/h4-6,8H,2-3,7,16H2,1H3. The predicted molar refractivity (Wildman–Crippen MR) is 78.8 cm³/mol. The molecule has 1 fully saturated rings. The number of ether oxygens (including phenoxy) is 2. The zero-order valence-electron chi connectivity index (χ0n) is 11.1. The lowest BCUT2D eigenvalue weighted by Gasteiger charge is -2.13. The van der Waals surface area contributed by atoms with Crippen molar-refractivity contribution >= 4 is 21.8 Å². The van der Waals surface area contributed by atoms with Crippen LogP contribution in [0.4, 0.5) is 5.88 Å². The molecule has 1 aromatic carbocycles. The number of benzene rings is 1. The van der Waals surface area contributed by atoms with Crippen LogP contribution in [-0.4, -0.2) is 18.9 Å². The second-order valence-corrected chi connectivity index (χ2v) is 5.71. The number of hydrogen-bond donors (Lipinski definition) is 1. The fourth-order valence-corrected chi connectivity index (χ4v) is 2.54. The smallest absolute Gasteiger partial charge is 0.222 e. The third-order valence-electron chi connectivity index (χ3n) is 3.21. The van der Waals surface area contributed by atoms with Crippen LogP contribution >= 0.6 is 15.9 Å². The van der Waals surface area contributed by atoms with E-state index >= 15 is 0 Å². The Balaban J connectivity index is 1.94. The van der Waals surface area contributed by atoms with E-state index in [2.05, 4.69) is 21.1 Å². The minimum Gasteiger partial charge on any atom is -0.492 e. The number of nitrogens with two attached hydrogens (primary N) is 1. The van der Waals surface area contributed by atoms with Crippen molar-refractivity contribution in [2.45, 2.75) is 12.8 Å². The Bertz CT molecular complexity index is 623. The molecule has 1 heterocycles. The average Bonchev–Trinajstić information content (AvgIpc) is 3.16. The quantitative estimate of drug-likeness (QED) is 0.903. The molecule has 1 aromatic heterocycles. The van der Waals surface area contributed by atoms with Gasteiger partial charge in [-0.05, 0) is 46.8 Å². The van der Waals surface area contributed by atoms with Crippen LogP contribution in [0.15, 0.2) is 27.2 Å². The molecule has 0 spiro atoms. The van der Waals surface area contributed by atoms with Gasteiger partial charge >= 0.3 is 0 Å². The normalized spacial score (nSPS) is 14.3. The van der Waals surface area contributed by atoms with Gasteiger partial charge in [-0.1, -0.05) is 5.16 Å². The number of rotatable bonds is 5. The third kappa shape index (κ3) is 2.75. The molecular weight excluding hydrogens is 324 g/mol. The van der Waals surface area contributed by atoms with Gasteiger partial charge < -0.3 is 19.7 Å². The summed E-state index contributed by atoms with van der Waals surface area (Å²) in [4.78, 5) is 0. The number of aromatic nitrogens is 1. The van der Waals surface area contributed by atoms with Crippen molar-refractivity contribution in [1.29, 1.82) is 0 Å². The van der Waals surface area contributed by atoms with E-state index in [1.807, 2.05) is 12.1 Å². The van der Waals surface area contributed by atoms with Crippen molar-refractivity contribution in [3.05, 3.63) is 22.7 Å². The maximum absolute atomic E-state index is 5.86. The molecule has 20 heavy (non-hydrogen) atoms. The van der Waals surface area contributed by atoms with Crippen LogP contribution in [0.2, 0.25) is 0 Å². The van der Waals surface area contributed by atoms with Crippen LogP contribution in [0.3, 0.4) is 0 Å². The van der Waals surface area contributed by atoms with Crippen LogP contribution in [0, 0.1) is 5.92 Å². The van der Waals surface area contributed by atoms with E-state index in [1.165, 1.54) is 12.8 Å². The largest absolute Gasteiger partial charge is 0.492 e. The summed E-state index contributed by atoms with van der Waals surface area (Å²) in [5.74, 6) is 2.34. The zero-order valence-corrected chi connectivity index (χ0v) is 12.6. The van der Waals surface area contributed by atoms with E-state index in [0.29, 0.717) is 29.7 Å². The van der Waals surface area contributed by atoms with Gasteiger partial charge in [0.05, 0.1) is 18.2 Å². The highest BCUT2D eigenvalue weighted by Crippen LogP contribution is 2.40. The molecular formula is C14H15BrN2O3. The van der Waals surface area contributed by atoms with Crippen LogP contribution in [0.1, 0.15) is 12.8 Å². The third-order valence-corrected chi connectivity index (χ3v) is 3.80. The van der Waals surface area contributed by atoms with Crippen molar-refractivity contribution in [3.8, 4) is 22.8 Å². The molecule has 5 nitrogen and oxygen atoms in total. The summed E-state index contributed by atoms with van der Waals surface area (Å²) in [5, 5.41) is 3.91. The Hall–Kier alpha value is -1.69. The molecule has 0 aliphatic heterocycles. The molecule has 0 unspecified atom stereocenters. The van der Waals surface area contributed by atoms with Crippen LogP contribution < -0.4 is 15.2 Å². The molecule has 0 radical (unpaired) electrons. The fourth-order valence-electron chi connectivity index (χ4n) is 1.94. The van der Waals surface area contributed by atoms with Gasteiger partial charge in [-0.15, -0.1) is 0 Å². The Morgan fingerprint density at radius 3 is 2.80 bits per heavy atom. The molecule has 1 aliphatic rings. The maximum Gasteiger partial charge on any atom is 0.222 e. The number of hydrogen-bond acceptors (Lipinski definition) is 5. The monoisotopic (exact) mass is 338 g/mol. The van der Waals surface area contributed by atoms with Gasteiger partial charge in [0.1, 0.15) is 5.69 Å². The highest BCUT2D eigenvalue weighted by molar-refractivity contribution is 9.10. The van der Waals surface area contributed by atoms with Crippen molar-refractivity contribution in [1.82, 2.24) is 5.16 Å². The van der Waals surface area contributed by atoms with Gasteiger partial charge in [-0.2, -0.15) is 0 Å². The minimum atomic E-state index is 0.285. The van der Waals surface area contributed by atoms with Gasteiger partial charge in [0, 0.05) is 11.6 Å². The SMILES string of the molecule is COc1c(Br)cc(-c2cc(N)on2)cc1OCC1CC1. The summed E-state index contributed by atoms with van der Waals surface area (Å²) >= 11 is 3.49. The number of methoxy groups -OCH3 is 1. The van der Waals surface area contributed by atoms with E-state index < -0.39 is 0 Å². The van der Waals surface area contributed by atoms with E-state index in [4.69, 9.17) is 19.7 Å². The molecule has 6 heteroatoms. The Morgan fingerprint density at radius 1 is 1.40 bits per heavy atom. The number of nitrogen functional groups attached to an aromatic ring is 1. The van der Waals surface area contributed by atoms with E-state index in [-0.39, 0.29) is 5.88 Å². The van der Waals surface area contributed by atoms with Gasteiger partial charge in [0.2, 0.25) is 5.88 Å². The van der Waals surface area contributed by atoms with Crippen molar-refractivity contribution in [2.24, 2.45) is 5.92 Å². The van der Waals surface area contributed by atoms with Gasteiger partial charge in [-0.3, -0.25) is 0 Å². The minimum absolute atomic E-state index is 0.285. The lowest BCUT2D eigenvalue weighted by molar-refractivity contribution is 0.280. The molecule has 2 N–H and O–H groups in total. The molecule has 1 aliphatic carbocycles. The molecule has 0 atom stereocenters. The van der Waals surface area contributed by atoms with Crippen molar-refractivity contribution in [2.75, 3.05) is 19.5 Å². The summed E-state index contributed by atoms with van der Waals surface area (Å²) in [6, 6.07) is 5.47. The molecule has 0 amide bonds. The van der Waals surface area contributed by atoms with Crippen LogP contribution in [-0.2, 0) is 0 Å². The van der Waals surface area contributed by atoms with Gasteiger partial charge in [-0.25, -0.2) is 0 Å². The number of nitrogens with zero attached hydrogens (tertiary/aromatic N) is 1. The first-order chi connectivity index (χ1) is 9.67. The first kappa shape index (κ1) is 13.3. The highest BCUT2D eigenvalue weighted by Gasteiger charge is 2.23. The van der Waals surface area contributed by atoms with Crippen molar-refractivity contribution < 1.29 is 14.0 Å². The Labute approximate surface area is 125 Å². The molecule has 0 saturated heterocycles. The molecule has 1 saturated carbocycles. The second kappa shape index (κ2) is 5.36. The topological polar surface area (TPSA) is 70.5 Å². The number of anilines is 1. The zero-order chi connectivity index (χ0) is 14.1. The Kier molecular flexibility index (Phi) is 3.56. The first-order valence-corrected chi connectivity index (χ1v) is 7.19. The number of halogens is 1. The lowest BCUT2D eigenvalue weighted by Crippen LogP contribution is -2.01. The average molecular weight is 339 g/mol. The fraction of sp³-hybridized carbons (Fsp3) is 0.357. The van der Waals surface area contributed by atoms with E-state index in [0.717, 1.165) is 10.0 Å². The van der Waals surface area contributed by atoms with Crippen LogP contribution in [0.25, 0.3) is 11.3 Å². The summed E-state index contributed by atoms with van der Waals surface area (Å²) < 4.78 is 17.0. The van der Waals surface area contributed by atoms with Crippen molar-refractivity contribution in [3.63, 3.8) is 0 Å². The van der Waals surface area contributed by atoms with E-state index in [1.54, 1.807) is 13.2 Å². The molecule has 3 rings (SSSR count). The summed E-state index contributed by atoms with van der Waals surface area (Å²) in [7, 11) is 1.62. The molecule has 106 valence electrons. The second-order valence-electron chi connectivity index (χ2n) is 4.86. The molecule has 2 aromatic rings. The summed E-state index contributed by atoms with van der Waals surface area (Å²) in [6.07, 6.45) is 2.48. The summed E-state index contributed by atoms with van der Waals surface area (Å²) in [5.41, 5.74) is 7.09. The Morgan fingerprint density at radius 2 is 2.20 bits per heavy atom. The first-order valence-electron chi connectivity index (χ1n) is 6.40. The molecule has 0 bridgehead atoms. The predicted octanol–water partition coefficient (Wildman–Crippen LogP) is 3.48. The summed E-state index contributed by atoms with van der Waals surface area (Å²) in [6.45, 7) is 0.715. The lowest BCUT2D eigenvalue weighted by atomic mass is 10.1. The van der Waals surface area contributed by atoms with E-state index in [9.17, 15) is 0 Å².